The Balaban J connectivity index is 2.10. The SMILES string of the molecule is CCCCCC(C)NC(=S)NCCc1ccccc1. The lowest BCUT2D eigenvalue weighted by atomic mass is 10.1. The van der Waals surface area contributed by atoms with E-state index in [0.717, 1.165) is 18.1 Å². The maximum Gasteiger partial charge on any atom is 0.166 e. The van der Waals surface area contributed by atoms with Gasteiger partial charge in [-0.05, 0) is 37.5 Å². The molecule has 0 saturated carbocycles. The minimum Gasteiger partial charge on any atom is -0.362 e. The standard InChI is InChI=1S/C16H26N2S/c1-3-4-6-9-14(2)18-16(19)17-13-12-15-10-7-5-8-11-15/h5,7-8,10-11,14H,3-4,6,9,12-13H2,1-2H3,(H2,17,18,19). The zero-order valence-corrected chi connectivity index (χ0v) is 12.9. The summed E-state index contributed by atoms with van der Waals surface area (Å²) in [7, 11) is 0. The molecule has 0 aliphatic carbocycles. The second-order valence-corrected chi connectivity index (χ2v) is 5.44. The topological polar surface area (TPSA) is 24.1 Å². The molecular weight excluding hydrogens is 252 g/mol. The normalized spacial score (nSPS) is 11.9. The Bertz CT molecular complexity index is 351. The van der Waals surface area contributed by atoms with Crippen molar-refractivity contribution in [3.63, 3.8) is 0 Å². The van der Waals surface area contributed by atoms with E-state index in [1.807, 2.05) is 6.07 Å². The highest BCUT2D eigenvalue weighted by atomic mass is 32.1. The van der Waals surface area contributed by atoms with Crippen LogP contribution in [0, 0.1) is 0 Å². The lowest BCUT2D eigenvalue weighted by molar-refractivity contribution is 0.550. The first kappa shape index (κ1) is 16.0. The van der Waals surface area contributed by atoms with Gasteiger partial charge < -0.3 is 10.6 Å². The van der Waals surface area contributed by atoms with Crippen molar-refractivity contribution in [3.05, 3.63) is 35.9 Å². The summed E-state index contributed by atoms with van der Waals surface area (Å²) >= 11 is 5.30. The smallest absolute Gasteiger partial charge is 0.166 e. The van der Waals surface area contributed by atoms with Gasteiger partial charge in [0.1, 0.15) is 0 Å². The van der Waals surface area contributed by atoms with E-state index in [4.69, 9.17) is 12.2 Å². The molecule has 0 aliphatic rings. The van der Waals surface area contributed by atoms with Crippen LogP contribution in [0.2, 0.25) is 0 Å². The molecule has 1 aromatic rings. The van der Waals surface area contributed by atoms with Crippen molar-refractivity contribution in [2.45, 2.75) is 52.0 Å². The monoisotopic (exact) mass is 278 g/mol. The quantitative estimate of drug-likeness (QED) is 0.560. The van der Waals surface area contributed by atoms with E-state index < -0.39 is 0 Å². The van der Waals surface area contributed by atoms with Crippen LogP contribution >= 0.6 is 12.2 Å². The summed E-state index contributed by atoms with van der Waals surface area (Å²) < 4.78 is 0. The third-order valence-corrected chi connectivity index (χ3v) is 3.42. The van der Waals surface area contributed by atoms with E-state index in [2.05, 4.69) is 48.7 Å². The van der Waals surface area contributed by atoms with E-state index >= 15 is 0 Å². The van der Waals surface area contributed by atoms with E-state index in [9.17, 15) is 0 Å². The molecule has 3 heteroatoms. The van der Waals surface area contributed by atoms with E-state index in [1.165, 1.54) is 31.2 Å². The summed E-state index contributed by atoms with van der Waals surface area (Å²) in [5, 5.41) is 7.40. The number of benzene rings is 1. The average Bonchev–Trinajstić information content (AvgIpc) is 2.40. The van der Waals surface area contributed by atoms with Gasteiger partial charge in [0, 0.05) is 12.6 Å². The van der Waals surface area contributed by atoms with Gasteiger partial charge in [0.15, 0.2) is 5.11 Å². The molecule has 106 valence electrons. The van der Waals surface area contributed by atoms with Crippen molar-refractivity contribution in [1.29, 1.82) is 0 Å². The molecule has 0 aliphatic heterocycles. The lowest BCUT2D eigenvalue weighted by Crippen LogP contribution is -2.41. The molecule has 0 fully saturated rings. The van der Waals surface area contributed by atoms with Crippen LogP contribution < -0.4 is 10.6 Å². The fourth-order valence-electron chi connectivity index (χ4n) is 2.01. The van der Waals surface area contributed by atoms with E-state index in [0.29, 0.717) is 6.04 Å². The number of thiocarbonyl (C=S) groups is 1. The van der Waals surface area contributed by atoms with Crippen LogP contribution in [0.25, 0.3) is 0 Å². The zero-order valence-electron chi connectivity index (χ0n) is 12.1. The van der Waals surface area contributed by atoms with Crippen LogP contribution in [-0.4, -0.2) is 17.7 Å². The van der Waals surface area contributed by atoms with Crippen molar-refractivity contribution in [3.8, 4) is 0 Å². The minimum absolute atomic E-state index is 0.461. The fraction of sp³-hybridized carbons (Fsp3) is 0.562. The molecule has 0 spiro atoms. The number of unbranched alkanes of at least 4 members (excludes halogenated alkanes) is 2. The molecule has 19 heavy (non-hydrogen) atoms. The van der Waals surface area contributed by atoms with Gasteiger partial charge in [-0.15, -0.1) is 0 Å². The van der Waals surface area contributed by atoms with E-state index in [-0.39, 0.29) is 0 Å². The summed E-state index contributed by atoms with van der Waals surface area (Å²) in [5.41, 5.74) is 1.34. The van der Waals surface area contributed by atoms with Crippen LogP contribution in [0.1, 0.15) is 45.1 Å². The number of rotatable bonds is 8. The summed E-state index contributed by atoms with van der Waals surface area (Å²) in [6.07, 6.45) is 6.05. The molecule has 0 amide bonds. The van der Waals surface area contributed by atoms with Gasteiger partial charge in [0.25, 0.3) is 0 Å². The fourth-order valence-corrected chi connectivity index (χ4v) is 2.32. The van der Waals surface area contributed by atoms with Crippen LogP contribution in [-0.2, 0) is 6.42 Å². The van der Waals surface area contributed by atoms with Crippen LogP contribution in [0.15, 0.2) is 30.3 Å². The highest BCUT2D eigenvalue weighted by molar-refractivity contribution is 7.80. The second-order valence-electron chi connectivity index (χ2n) is 5.03. The molecule has 0 saturated heterocycles. The Kier molecular flexibility index (Phi) is 8.23. The Morgan fingerprint density at radius 2 is 1.95 bits per heavy atom. The predicted molar refractivity (Wildman–Crippen MR) is 87.5 cm³/mol. The Morgan fingerprint density at radius 3 is 2.63 bits per heavy atom. The number of nitrogens with one attached hydrogen (secondary N) is 2. The van der Waals surface area contributed by atoms with Crippen LogP contribution in [0.3, 0.4) is 0 Å². The van der Waals surface area contributed by atoms with Gasteiger partial charge in [0.05, 0.1) is 0 Å². The molecule has 2 nitrogen and oxygen atoms in total. The maximum atomic E-state index is 5.30. The summed E-state index contributed by atoms with van der Waals surface area (Å²) in [6, 6.07) is 10.9. The third kappa shape index (κ3) is 7.83. The Morgan fingerprint density at radius 1 is 1.21 bits per heavy atom. The van der Waals surface area contributed by atoms with Crippen molar-refractivity contribution in [1.82, 2.24) is 10.6 Å². The molecular formula is C16H26N2S. The zero-order chi connectivity index (χ0) is 13.9. The average molecular weight is 278 g/mol. The first-order valence-electron chi connectivity index (χ1n) is 7.30. The molecule has 1 rings (SSSR count). The predicted octanol–water partition coefficient (Wildman–Crippen LogP) is 3.66. The van der Waals surface area contributed by atoms with Crippen molar-refractivity contribution in [2.24, 2.45) is 0 Å². The highest BCUT2D eigenvalue weighted by Crippen LogP contribution is 2.02. The van der Waals surface area contributed by atoms with Crippen molar-refractivity contribution >= 4 is 17.3 Å². The summed E-state index contributed by atoms with van der Waals surface area (Å²) in [6.45, 7) is 5.31. The molecule has 1 aromatic carbocycles. The summed E-state index contributed by atoms with van der Waals surface area (Å²) in [4.78, 5) is 0. The Labute approximate surface area is 123 Å². The van der Waals surface area contributed by atoms with Gasteiger partial charge >= 0.3 is 0 Å². The maximum absolute atomic E-state index is 5.30. The van der Waals surface area contributed by atoms with Gasteiger partial charge in [-0.3, -0.25) is 0 Å². The lowest BCUT2D eigenvalue weighted by Gasteiger charge is -2.16. The van der Waals surface area contributed by atoms with Crippen LogP contribution in [0.5, 0.6) is 0 Å². The molecule has 2 N–H and O–H groups in total. The van der Waals surface area contributed by atoms with Crippen molar-refractivity contribution < 1.29 is 0 Å². The summed E-state index contributed by atoms with van der Waals surface area (Å²) in [5.74, 6) is 0. The number of hydrogen-bond donors (Lipinski definition) is 2. The van der Waals surface area contributed by atoms with E-state index in [1.54, 1.807) is 0 Å². The van der Waals surface area contributed by atoms with Crippen molar-refractivity contribution in [2.75, 3.05) is 6.54 Å². The van der Waals surface area contributed by atoms with Gasteiger partial charge in [-0.25, -0.2) is 0 Å². The van der Waals surface area contributed by atoms with Gasteiger partial charge in [0.2, 0.25) is 0 Å². The highest BCUT2D eigenvalue weighted by Gasteiger charge is 2.03. The number of hydrogen-bond acceptors (Lipinski definition) is 1. The van der Waals surface area contributed by atoms with Gasteiger partial charge in [-0.1, -0.05) is 56.5 Å². The molecule has 1 unspecified atom stereocenters. The van der Waals surface area contributed by atoms with Crippen LogP contribution in [0.4, 0.5) is 0 Å². The molecule has 0 bridgehead atoms. The largest absolute Gasteiger partial charge is 0.362 e. The molecule has 0 radical (unpaired) electrons. The first-order chi connectivity index (χ1) is 9.22. The first-order valence-corrected chi connectivity index (χ1v) is 7.71. The molecule has 1 atom stereocenters. The van der Waals surface area contributed by atoms with Gasteiger partial charge in [-0.2, -0.15) is 0 Å². The molecule has 0 heterocycles. The second kappa shape index (κ2) is 9.79. The Hall–Kier alpha value is -1.09. The third-order valence-electron chi connectivity index (χ3n) is 3.16. The minimum atomic E-state index is 0.461. The molecule has 0 aromatic heterocycles.